The van der Waals surface area contributed by atoms with Gasteiger partial charge in [-0.25, -0.2) is 13.8 Å². The second-order valence-corrected chi connectivity index (χ2v) is 10.8. The van der Waals surface area contributed by atoms with Crippen LogP contribution in [0.3, 0.4) is 0 Å². The van der Waals surface area contributed by atoms with Gasteiger partial charge in [0.1, 0.15) is 33.0 Å². The van der Waals surface area contributed by atoms with Crippen LogP contribution in [0.2, 0.25) is 0 Å². The zero-order valence-electron chi connectivity index (χ0n) is 23.1. The van der Waals surface area contributed by atoms with Crippen molar-refractivity contribution in [2.45, 2.75) is 65.6 Å². The van der Waals surface area contributed by atoms with Gasteiger partial charge in [0.05, 0.1) is 31.4 Å². The predicted octanol–water partition coefficient (Wildman–Crippen LogP) is 3.67. The third kappa shape index (κ3) is 5.08. The molecule has 0 aliphatic heterocycles. The molecule has 11 nitrogen and oxygen atoms in total. The number of hydrogen-bond acceptors (Lipinski definition) is 9. The molecule has 4 aromatic rings. The minimum absolute atomic E-state index is 0.165. The molecule has 4 rings (SSSR count). The molecule has 0 radical (unpaired) electrons. The van der Waals surface area contributed by atoms with E-state index in [0.29, 0.717) is 17.0 Å². The number of hydrogen-bond donors (Lipinski definition) is 0. The highest BCUT2D eigenvalue weighted by atomic mass is 32.1. The number of fused-ring (bicyclic) bond motifs is 1. The smallest absolute Gasteiger partial charge is 0.333 e. The first kappa shape index (κ1) is 28.9. The lowest BCUT2D eigenvalue weighted by Crippen LogP contribution is -2.52. The highest BCUT2D eigenvalue weighted by molar-refractivity contribution is 7.21. The van der Waals surface area contributed by atoms with E-state index in [9.17, 15) is 23.6 Å². The molecule has 212 valence electrons. The lowest BCUT2D eigenvalue weighted by molar-refractivity contribution is -0.147. The topological polar surface area (TPSA) is 127 Å². The lowest BCUT2D eigenvalue weighted by Gasteiger charge is -2.27. The molecule has 1 aromatic carbocycles. The summed E-state index contributed by atoms with van der Waals surface area (Å²) in [6.07, 6.45) is 2.49. The fraction of sp³-hybridized carbons (Fsp3) is 0.407. The van der Waals surface area contributed by atoms with E-state index in [1.54, 1.807) is 6.92 Å². The van der Waals surface area contributed by atoms with Gasteiger partial charge in [0.15, 0.2) is 5.78 Å². The van der Waals surface area contributed by atoms with Crippen LogP contribution in [-0.4, -0.2) is 43.0 Å². The fourth-order valence-electron chi connectivity index (χ4n) is 4.68. The summed E-state index contributed by atoms with van der Waals surface area (Å²) >= 11 is 1.10. The van der Waals surface area contributed by atoms with Crippen LogP contribution in [0.25, 0.3) is 15.2 Å². The first-order chi connectivity index (χ1) is 18.9. The van der Waals surface area contributed by atoms with E-state index in [1.165, 1.54) is 61.8 Å². The van der Waals surface area contributed by atoms with Crippen LogP contribution in [0.4, 0.5) is 4.39 Å². The van der Waals surface area contributed by atoms with Gasteiger partial charge >= 0.3 is 11.7 Å². The van der Waals surface area contributed by atoms with Crippen molar-refractivity contribution in [3.8, 4) is 10.8 Å². The average molecular weight is 572 g/mol. The standard InChI is InChI=1S/C27H30FN5O6S/c1-7-8-21(35)27(4,5)32-23(36)22-15(2)24(33-29-11-12-30-33)40-25(22)31(26(32)37)14-20(39-16(3)34)18-13-17(28)9-10-19(18)38-6/h9-13,20H,7-8,14H2,1-6H3/t20-/m1/s1. The normalized spacial score (nSPS) is 12.5. The summed E-state index contributed by atoms with van der Waals surface area (Å²) in [6, 6.07) is 3.76. The van der Waals surface area contributed by atoms with Gasteiger partial charge in [0.25, 0.3) is 5.56 Å². The summed E-state index contributed by atoms with van der Waals surface area (Å²) < 4.78 is 27.5. The third-order valence-corrected chi connectivity index (χ3v) is 7.98. The summed E-state index contributed by atoms with van der Waals surface area (Å²) in [4.78, 5) is 55.0. The molecule has 0 amide bonds. The van der Waals surface area contributed by atoms with Crippen LogP contribution >= 0.6 is 11.3 Å². The fourth-order valence-corrected chi connectivity index (χ4v) is 5.90. The second-order valence-electron chi connectivity index (χ2n) is 9.78. The van der Waals surface area contributed by atoms with Crippen molar-refractivity contribution in [1.29, 1.82) is 0 Å². The van der Waals surface area contributed by atoms with E-state index in [-0.39, 0.29) is 40.3 Å². The summed E-state index contributed by atoms with van der Waals surface area (Å²) in [7, 11) is 1.39. The third-order valence-electron chi connectivity index (χ3n) is 6.70. The lowest BCUT2D eigenvalue weighted by atomic mass is 9.95. The van der Waals surface area contributed by atoms with E-state index in [2.05, 4.69) is 10.2 Å². The van der Waals surface area contributed by atoms with Gasteiger partial charge in [-0.1, -0.05) is 18.3 Å². The monoisotopic (exact) mass is 571 g/mol. The molecule has 0 spiro atoms. The van der Waals surface area contributed by atoms with Crippen LogP contribution in [0, 0.1) is 12.7 Å². The number of carbonyl (C=O) groups excluding carboxylic acids is 2. The number of aromatic nitrogens is 5. The Kier molecular flexibility index (Phi) is 8.05. The summed E-state index contributed by atoms with van der Waals surface area (Å²) in [5, 5.41) is 9.02. The number of nitrogens with zero attached hydrogens (tertiary/aromatic N) is 5. The number of thiophene rings is 1. The van der Waals surface area contributed by atoms with E-state index >= 15 is 0 Å². The van der Waals surface area contributed by atoms with Crippen molar-refractivity contribution < 1.29 is 23.5 Å². The van der Waals surface area contributed by atoms with Crippen LogP contribution in [0.5, 0.6) is 5.75 Å². The quantitative estimate of drug-likeness (QED) is 0.264. The zero-order valence-corrected chi connectivity index (χ0v) is 23.9. The van der Waals surface area contributed by atoms with Gasteiger partial charge in [0.2, 0.25) is 0 Å². The Bertz CT molecular complexity index is 1700. The molecule has 0 fully saturated rings. The zero-order chi connectivity index (χ0) is 29.4. The first-order valence-electron chi connectivity index (χ1n) is 12.6. The molecule has 1 atom stereocenters. The van der Waals surface area contributed by atoms with Gasteiger partial charge in [-0.2, -0.15) is 10.2 Å². The second kappa shape index (κ2) is 11.2. The molecule has 0 bridgehead atoms. The number of esters is 1. The van der Waals surface area contributed by atoms with Crippen molar-refractivity contribution in [1.82, 2.24) is 24.1 Å². The van der Waals surface area contributed by atoms with Crippen molar-refractivity contribution in [3.05, 3.63) is 68.4 Å². The van der Waals surface area contributed by atoms with E-state index < -0.39 is 34.7 Å². The first-order valence-corrected chi connectivity index (χ1v) is 13.4. The number of ketones is 1. The summed E-state index contributed by atoms with van der Waals surface area (Å²) in [5.74, 6) is -1.31. The maximum Gasteiger partial charge on any atom is 0.333 e. The average Bonchev–Trinajstić information content (AvgIpc) is 3.53. The minimum Gasteiger partial charge on any atom is -0.496 e. The highest BCUT2D eigenvalue weighted by Gasteiger charge is 2.35. The molecule has 0 aliphatic carbocycles. The van der Waals surface area contributed by atoms with Gasteiger partial charge in [0, 0.05) is 24.5 Å². The molecule has 0 aliphatic rings. The molecule has 13 heteroatoms. The largest absolute Gasteiger partial charge is 0.496 e. The Morgan fingerprint density at radius 3 is 2.45 bits per heavy atom. The summed E-state index contributed by atoms with van der Waals surface area (Å²) in [5.41, 5.74) is -2.19. The van der Waals surface area contributed by atoms with Gasteiger partial charge < -0.3 is 9.47 Å². The number of carbonyl (C=O) groups is 2. The van der Waals surface area contributed by atoms with Crippen molar-refractivity contribution >= 4 is 33.3 Å². The van der Waals surface area contributed by atoms with Gasteiger partial charge in [-0.15, -0.1) is 4.80 Å². The number of halogens is 1. The molecule has 3 heterocycles. The summed E-state index contributed by atoms with van der Waals surface area (Å²) in [6.45, 7) is 7.50. The van der Waals surface area contributed by atoms with Gasteiger partial charge in [-0.05, 0) is 45.4 Å². The Hall–Kier alpha value is -4.13. The number of aryl methyl sites for hydroxylation is 1. The molecular formula is C27H30FN5O6S. The van der Waals surface area contributed by atoms with E-state index in [1.807, 2.05) is 6.92 Å². The van der Waals surface area contributed by atoms with Crippen LogP contribution in [0.1, 0.15) is 57.8 Å². The molecular weight excluding hydrogens is 541 g/mol. The number of rotatable bonds is 10. The van der Waals surface area contributed by atoms with Crippen molar-refractivity contribution in [3.63, 3.8) is 0 Å². The van der Waals surface area contributed by atoms with Crippen molar-refractivity contribution in [2.75, 3.05) is 7.11 Å². The molecule has 0 N–H and O–H groups in total. The van der Waals surface area contributed by atoms with Crippen LogP contribution in [-0.2, 0) is 26.4 Å². The number of benzene rings is 1. The van der Waals surface area contributed by atoms with Gasteiger partial charge in [-0.3, -0.25) is 19.0 Å². The van der Waals surface area contributed by atoms with Crippen molar-refractivity contribution in [2.24, 2.45) is 0 Å². The molecule has 3 aromatic heterocycles. The molecule has 0 saturated carbocycles. The van der Waals surface area contributed by atoms with E-state index in [0.717, 1.165) is 22.0 Å². The maximum absolute atomic E-state index is 14.3. The van der Waals surface area contributed by atoms with E-state index in [4.69, 9.17) is 9.47 Å². The number of methoxy groups -OCH3 is 1. The van der Waals surface area contributed by atoms with Crippen LogP contribution < -0.4 is 16.0 Å². The number of Topliss-reactive ketones (excluding diaryl/α,β-unsaturated/α-hetero) is 1. The SMILES string of the molecule is CCCC(=O)C(C)(C)n1c(=O)c2c(C)c(-n3nccn3)sc2n(C[C@@H](OC(C)=O)c2cc(F)ccc2OC)c1=O. The Balaban J connectivity index is 2.06. The molecule has 0 saturated heterocycles. The van der Waals surface area contributed by atoms with Crippen LogP contribution in [0.15, 0.2) is 40.2 Å². The molecule has 40 heavy (non-hydrogen) atoms. The Morgan fingerprint density at radius 2 is 1.85 bits per heavy atom. The number of ether oxygens (including phenoxy) is 2. The maximum atomic E-state index is 14.3. The Morgan fingerprint density at radius 1 is 1.18 bits per heavy atom. The molecule has 0 unspecified atom stereocenters. The predicted molar refractivity (Wildman–Crippen MR) is 147 cm³/mol. The highest BCUT2D eigenvalue weighted by Crippen LogP contribution is 2.34. The Labute approximate surface area is 232 Å². The minimum atomic E-state index is -1.48.